The Morgan fingerprint density at radius 1 is 1.04 bits per heavy atom. The number of thiazole rings is 1. The van der Waals surface area contributed by atoms with Gasteiger partial charge in [-0.1, -0.05) is 41.4 Å². The van der Waals surface area contributed by atoms with Crippen LogP contribution in [0.4, 0.5) is 13.2 Å². The van der Waals surface area contributed by atoms with Crippen molar-refractivity contribution in [2.45, 2.75) is 13.1 Å². The van der Waals surface area contributed by atoms with Crippen molar-refractivity contribution in [3.05, 3.63) is 63.0 Å². The zero-order chi connectivity index (χ0) is 19.3. The van der Waals surface area contributed by atoms with E-state index in [1.807, 2.05) is 30.5 Å². The summed E-state index contributed by atoms with van der Waals surface area (Å²) < 4.78 is 39.9. The van der Waals surface area contributed by atoms with Gasteiger partial charge in [-0.15, -0.1) is 22.7 Å². The molecule has 0 N–H and O–H groups in total. The number of alkyl halides is 3. The molecule has 0 unspecified atom stereocenters. The highest BCUT2D eigenvalue weighted by Crippen LogP contribution is 2.44. The number of rotatable bonds is 2. The molecular formula is C19H10Cl2F3NS2. The Hall–Kier alpha value is -1.60. The van der Waals surface area contributed by atoms with Crippen LogP contribution in [0, 0.1) is 6.92 Å². The van der Waals surface area contributed by atoms with Crippen molar-refractivity contribution in [1.29, 1.82) is 0 Å². The summed E-state index contributed by atoms with van der Waals surface area (Å²) in [5.41, 5.74) is 1.33. The largest absolute Gasteiger partial charge is 0.416 e. The van der Waals surface area contributed by atoms with Crippen molar-refractivity contribution in [3.63, 3.8) is 0 Å². The molecule has 0 aliphatic heterocycles. The van der Waals surface area contributed by atoms with Crippen LogP contribution in [0.25, 0.3) is 31.2 Å². The van der Waals surface area contributed by atoms with Crippen molar-refractivity contribution in [3.8, 4) is 21.1 Å². The van der Waals surface area contributed by atoms with Crippen LogP contribution >= 0.6 is 45.9 Å². The molecule has 0 radical (unpaired) electrons. The Morgan fingerprint density at radius 3 is 2.33 bits per heavy atom. The van der Waals surface area contributed by atoms with Crippen LogP contribution in [-0.2, 0) is 6.18 Å². The minimum Gasteiger partial charge on any atom is -0.235 e. The molecule has 0 bridgehead atoms. The third-order valence-corrected chi connectivity index (χ3v) is 6.92. The molecule has 0 saturated heterocycles. The molecule has 1 nitrogen and oxygen atoms in total. The number of aryl methyl sites for hydroxylation is 1. The summed E-state index contributed by atoms with van der Waals surface area (Å²) in [5.74, 6) is 0. The van der Waals surface area contributed by atoms with E-state index >= 15 is 0 Å². The van der Waals surface area contributed by atoms with Gasteiger partial charge in [0.1, 0.15) is 5.01 Å². The monoisotopic (exact) mass is 443 g/mol. The standard InChI is InChI=1S/C19H10Cl2F3NS2/c1-9-11-4-2-3-5-15(11)27-17(9)14-8-26-18(25-14)16-12(20)6-10(7-13(16)21)19(22,23)24/h2-8H,1H3. The summed E-state index contributed by atoms with van der Waals surface area (Å²) in [6.45, 7) is 2.03. The van der Waals surface area contributed by atoms with E-state index in [9.17, 15) is 13.2 Å². The fraction of sp³-hybridized carbons (Fsp3) is 0.105. The molecule has 2 aromatic heterocycles. The maximum Gasteiger partial charge on any atom is 0.416 e. The van der Waals surface area contributed by atoms with E-state index in [2.05, 4.69) is 11.1 Å². The fourth-order valence-electron chi connectivity index (χ4n) is 2.85. The average Bonchev–Trinajstić information content (AvgIpc) is 3.19. The molecule has 27 heavy (non-hydrogen) atoms. The Kier molecular flexibility index (Phi) is 4.71. The number of fused-ring (bicyclic) bond motifs is 1. The maximum absolute atomic E-state index is 12.9. The second-order valence-electron chi connectivity index (χ2n) is 5.90. The Balaban J connectivity index is 1.80. The first-order valence-electron chi connectivity index (χ1n) is 7.76. The lowest BCUT2D eigenvalue weighted by Crippen LogP contribution is -2.05. The lowest BCUT2D eigenvalue weighted by molar-refractivity contribution is -0.137. The van der Waals surface area contributed by atoms with Gasteiger partial charge in [-0.3, -0.25) is 0 Å². The van der Waals surface area contributed by atoms with E-state index in [1.54, 1.807) is 11.3 Å². The van der Waals surface area contributed by atoms with E-state index in [4.69, 9.17) is 23.2 Å². The van der Waals surface area contributed by atoms with E-state index in [-0.39, 0.29) is 10.0 Å². The smallest absolute Gasteiger partial charge is 0.235 e. The highest BCUT2D eigenvalue weighted by atomic mass is 35.5. The van der Waals surface area contributed by atoms with E-state index < -0.39 is 11.7 Å². The SMILES string of the molecule is Cc1c(-c2csc(-c3c(Cl)cc(C(F)(F)F)cc3Cl)n2)sc2ccccc12. The molecule has 0 aliphatic carbocycles. The summed E-state index contributed by atoms with van der Waals surface area (Å²) >= 11 is 15.2. The van der Waals surface area contributed by atoms with E-state index in [1.165, 1.54) is 11.3 Å². The summed E-state index contributed by atoms with van der Waals surface area (Å²) in [4.78, 5) is 5.62. The van der Waals surface area contributed by atoms with Crippen molar-refractivity contribution < 1.29 is 13.2 Å². The molecule has 0 atom stereocenters. The molecule has 0 saturated carbocycles. The summed E-state index contributed by atoms with van der Waals surface area (Å²) in [5, 5.41) is 3.40. The predicted molar refractivity (Wildman–Crippen MR) is 108 cm³/mol. The number of thiophene rings is 1. The molecule has 2 heterocycles. The molecule has 0 fully saturated rings. The van der Waals surface area contributed by atoms with Gasteiger partial charge < -0.3 is 0 Å². The molecular weight excluding hydrogens is 434 g/mol. The van der Waals surface area contributed by atoms with Crippen LogP contribution in [0.3, 0.4) is 0 Å². The Morgan fingerprint density at radius 2 is 1.70 bits per heavy atom. The van der Waals surface area contributed by atoms with Gasteiger partial charge in [0.15, 0.2) is 0 Å². The van der Waals surface area contributed by atoms with Gasteiger partial charge in [0.05, 0.1) is 26.2 Å². The molecule has 4 rings (SSSR count). The zero-order valence-corrected chi connectivity index (χ0v) is 16.8. The van der Waals surface area contributed by atoms with E-state index in [0.29, 0.717) is 10.6 Å². The minimum atomic E-state index is -4.51. The number of aromatic nitrogens is 1. The van der Waals surface area contributed by atoms with Crippen LogP contribution < -0.4 is 0 Å². The summed E-state index contributed by atoms with van der Waals surface area (Å²) in [7, 11) is 0. The van der Waals surface area contributed by atoms with Crippen molar-refractivity contribution in [2.75, 3.05) is 0 Å². The summed E-state index contributed by atoms with van der Waals surface area (Å²) in [6.07, 6.45) is -4.51. The second kappa shape index (κ2) is 6.78. The lowest BCUT2D eigenvalue weighted by Gasteiger charge is -2.10. The van der Waals surface area contributed by atoms with E-state index in [0.717, 1.165) is 38.4 Å². The molecule has 138 valence electrons. The normalized spacial score (nSPS) is 12.1. The highest BCUT2D eigenvalue weighted by Gasteiger charge is 2.32. The molecule has 8 heteroatoms. The predicted octanol–water partition coefficient (Wildman–Crippen LogP) is 8.33. The minimum absolute atomic E-state index is 0.0659. The molecule has 4 aromatic rings. The third-order valence-electron chi connectivity index (χ3n) is 4.16. The van der Waals surface area contributed by atoms with Gasteiger partial charge in [0.2, 0.25) is 0 Å². The van der Waals surface area contributed by atoms with Gasteiger partial charge >= 0.3 is 6.18 Å². The van der Waals surface area contributed by atoms with Crippen LogP contribution in [0.5, 0.6) is 0 Å². The van der Waals surface area contributed by atoms with Crippen molar-refractivity contribution >= 4 is 56.0 Å². The topological polar surface area (TPSA) is 12.9 Å². The van der Waals surface area contributed by atoms with Crippen LogP contribution in [0.1, 0.15) is 11.1 Å². The van der Waals surface area contributed by atoms with Gasteiger partial charge in [-0.2, -0.15) is 13.2 Å². The maximum atomic E-state index is 12.9. The molecule has 0 aliphatic rings. The first-order valence-corrected chi connectivity index (χ1v) is 10.2. The lowest BCUT2D eigenvalue weighted by atomic mass is 10.1. The zero-order valence-electron chi connectivity index (χ0n) is 13.7. The van der Waals surface area contributed by atoms with Gasteiger partial charge in [-0.25, -0.2) is 4.98 Å². The molecule has 0 spiro atoms. The number of hydrogen-bond donors (Lipinski definition) is 0. The van der Waals surface area contributed by atoms with Gasteiger partial charge in [-0.05, 0) is 36.1 Å². The van der Waals surface area contributed by atoms with Crippen molar-refractivity contribution in [2.24, 2.45) is 0 Å². The van der Waals surface area contributed by atoms with Crippen LogP contribution in [-0.4, -0.2) is 4.98 Å². The number of hydrogen-bond acceptors (Lipinski definition) is 3. The van der Waals surface area contributed by atoms with Gasteiger partial charge in [0.25, 0.3) is 0 Å². The van der Waals surface area contributed by atoms with Gasteiger partial charge in [0, 0.05) is 15.6 Å². The van der Waals surface area contributed by atoms with Crippen molar-refractivity contribution in [1.82, 2.24) is 4.98 Å². The number of halogens is 5. The Labute approximate surface area is 171 Å². The first-order chi connectivity index (χ1) is 12.8. The second-order valence-corrected chi connectivity index (χ2v) is 8.63. The third kappa shape index (κ3) is 3.36. The molecule has 0 amide bonds. The summed E-state index contributed by atoms with van der Waals surface area (Å²) in [6, 6.07) is 9.84. The quantitative estimate of drug-likeness (QED) is 0.303. The fourth-order valence-corrected chi connectivity index (χ4v) is 5.76. The Bertz CT molecular complexity index is 1140. The molecule has 2 aromatic carbocycles. The first kappa shape index (κ1) is 18.7. The number of benzene rings is 2. The van der Waals surface area contributed by atoms with Crippen LogP contribution in [0.15, 0.2) is 41.8 Å². The number of nitrogens with zero attached hydrogens (tertiary/aromatic N) is 1. The average molecular weight is 444 g/mol. The van der Waals surface area contributed by atoms with Crippen LogP contribution in [0.2, 0.25) is 10.0 Å². The highest BCUT2D eigenvalue weighted by molar-refractivity contribution is 7.22.